The molecule has 3 aromatic rings. The maximum Gasteiger partial charge on any atom is 0.264 e. The monoisotopic (exact) mass is 513 g/mol. The largest absolute Gasteiger partial charge is 0.493 e. The Labute approximate surface area is 211 Å². The van der Waals surface area contributed by atoms with Crippen molar-refractivity contribution in [1.29, 1.82) is 0 Å². The highest BCUT2D eigenvalue weighted by Crippen LogP contribution is 2.28. The highest BCUT2D eigenvalue weighted by molar-refractivity contribution is 7.92. The molecule has 0 bridgehead atoms. The summed E-state index contributed by atoms with van der Waals surface area (Å²) in [5.74, 6) is 0.584. The Morgan fingerprint density at radius 3 is 2.40 bits per heavy atom. The number of benzene rings is 3. The lowest BCUT2D eigenvalue weighted by atomic mass is 10.2. The third kappa shape index (κ3) is 7.31. The first kappa shape index (κ1) is 26.2. The van der Waals surface area contributed by atoms with Crippen LogP contribution < -0.4 is 14.5 Å². The van der Waals surface area contributed by atoms with Gasteiger partial charge < -0.3 is 4.74 Å². The van der Waals surface area contributed by atoms with Gasteiger partial charge in [-0.1, -0.05) is 43.6 Å². The van der Waals surface area contributed by atoms with Crippen LogP contribution in [-0.2, 0) is 14.8 Å². The molecule has 3 rings (SSSR count). The molecule has 184 valence electrons. The first-order valence-corrected chi connectivity index (χ1v) is 12.9. The zero-order valence-corrected chi connectivity index (χ0v) is 21.4. The quantitative estimate of drug-likeness (QED) is 0.304. The van der Waals surface area contributed by atoms with Gasteiger partial charge in [-0.15, -0.1) is 0 Å². The second-order valence-corrected chi connectivity index (χ2v) is 10.6. The fourth-order valence-electron chi connectivity index (χ4n) is 3.18. The van der Waals surface area contributed by atoms with Crippen LogP contribution in [0.4, 0.5) is 5.69 Å². The number of carbonyl (C=O) groups excluding carboxylic acids is 1. The van der Waals surface area contributed by atoms with Crippen LogP contribution in [0.3, 0.4) is 0 Å². The molecule has 35 heavy (non-hydrogen) atoms. The maximum atomic E-state index is 13.4. The van der Waals surface area contributed by atoms with E-state index in [9.17, 15) is 13.2 Å². The second-order valence-electron chi connectivity index (χ2n) is 8.32. The van der Waals surface area contributed by atoms with E-state index < -0.39 is 22.5 Å². The van der Waals surface area contributed by atoms with Crippen molar-refractivity contribution in [2.45, 2.75) is 25.7 Å². The van der Waals surface area contributed by atoms with Gasteiger partial charge in [0.15, 0.2) is 0 Å². The Morgan fingerprint density at radius 1 is 1.09 bits per heavy atom. The first-order chi connectivity index (χ1) is 16.7. The maximum absolute atomic E-state index is 13.4. The molecule has 0 aliphatic heterocycles. The molecule has 0 unspecified atom stereocenters. The van der Waals surface area contributed by atoms with Crippen molar-refractivity contribution in [3.05, 3.63) is 88.9 Å². The van der Waals surface area contributed by atoms with Crippen LogP contribution in [0.5, 0.6) is 5.75 Å². The highest BCUT2D eigenvalue weighted by atomic mass is 35.5. The van der Waals surface area contributed by atoms with Crippen LogP contribution in [-0.4, -0.2) is 33.7 Å². The number of sulfonamides is 1. The highest BCUT2D eigenvalue weighted by Gasteiger charge is 2.28. The standard InChI is InChI=1S/C26H28ClN3O4S/c1-19(2)18-34-23-12-9-21(10-13-23)16-28-29-26(31)17-30(25-14-11-22(27)15-20(25)3)35(32,33)24-7-5-4-6-8-24/h4-16,19H,17-18H2,1-3H3,(H,29,31)/b28-16-. The average molecular weight is 514 g/mol. The zero-order chi connectivity index (χ0) is 25.4. The summed E-state index contributed by atoms with van der Waals surface area (Å²) in [7, 11) is -4.01. The van der Waals surface area contributed by atoms with Crippen molar-refractivity contribution in [3.8, 4) is 5.75 Å². The molecule has 0 fully saturated rings. The first-order valence-electron chi connectivity index (χ1n) is 11.1. The van der Waals surface area contributed by atoms with Gasteiger partial charge in [-0.2, -0.15) is 5.10 Å². The predicted molar refractivity (Wildman–Crippen MR) is 140 cm³/mol. The number of nitrogens with one attached hydrogen (secondary N) is 1. The molecule has 0 saturated heterocycles. The van der Waals surface area contributed by atoms with Crippen LogP contribution in [0.2, 0.25) is 5.02 Å². The van der Waals surface area contributed by atoms with E-state index in [0.29, 0.717) is 28.8 Å². The van der Waals surface area contributed by atoms with Gasteiger partial charge in [-0.3, -0.25) is 9.10 Å². The number of rotatable bonds is 10. The SMILES string of the molecule is Cc1cc(Cl)ccc1N(CC(=O)N/N=C\c1ccc(OCC(C)C)cc1)S(=O)(=O)c1ccccc1. The molecular weight excluding hydrogens is 486 g/mol. The van der Waals surface area contributed by atoms with E-state index in [1.54, 1.807) is 43.3 Å². The molecule has 0 radical (unpaired) electrons. The van der Waals surface area contributed by atoms with Crippen molar-refractivity contribution >= 4 is 39.4 Å². The topological polar surface area (TPSA) is 88.1 Å². The summed E-state index contributed by atoms with van der Waals surface area (Å²) in [5.41, 5.74) is 4.14. The van der Waals surface area contributed by atoms with E-state index in [2.05, 4.69) is 24.4 Å². The summed E-state index contributed by atoms with van der Waals surface area (Å²) < 4.78 is 33.5. The normalized spacial score (nSPS) is 11.6. The Hall–Kier alpha value is -3.36. The third-order valence-electron chi connectivity index (χ3n) is 4.91. The van der Waals surface area contributed by atoms with E-state index >= 15 is 0 Å². The fraction of sp³-hybridized carbons (Fsp3) is 0.231. The minimum absolute atomic E-state index is 0.0745. The molecule has 0 saturated carbocycles. The lowest BCUT2D eigenvalue weighted by molar-refractivity contribution is -0.119. The Kier molecular flexibility index (Phi) is 8.89. The molecule has 7 nitrogen and oxygen atoms in total. The van der Waals surface area contributed by atoms with E-state index in [0.717, 1.165) is 15.6 Å². The van der Waals surface area contributed by atoms with Crippen molar-refractivity contribution < 1.29 is 17.9 Å². The smallest absolute Gasteiger partial charge is 0.264 e. The van der Waals surface area contributed by atoms with E-state index in [4.69, 9.17) is 16.3 Å². The van der Waals surface area contributed by atoms with E-state index in [1.807, 2.05) is 24.3 Å². The van der Waals surface area contributed by atoms with Gasteiger partial charge in [-0.05, 0) is 78.6 Å². The molecular formula is C26H28ClN3O4S. The van der Waals surface area contributed by atoms with E-state index in [-0.39, 0.29) is 4.90 Å². The molecule has 0 heterocycles. The van der Waals surface area contributed by atoms with Gasteiger partial charge in [0.1, 0.15) is 12.3 Å². The Bertz CT molecular complexity index is 1280. The molecule has 1 N–H and O–H groups in total. The van der Waals surface area contributed by atoms with Gasteiger partial charge in [0.25, 0.3) is 15.9 Å². The number of carbonyl (C=O) groups is 1. The van der Waals surface area contributed by atoms with Crippen LogP contribution in [0, 0.1) is 12.8 Å². The lowest BCUT2D eigenvalue weighted by Crippen LogP contribution is -2.40. The number of amides is 1. The molecule has 0 aromatic heterocycles. The number of hydrogen-bond donors (Lipinski definition) is 1. The summed E-state index contributed by atoms with van der Waals surface area (Å²) in [6, 6.07) is 20.0. The van der Waals surface area contributed by atoms with E-state index in [1.165, 1.54) is 18.3 Å². The van der Waals surface area contributed by atoms with Gasteiger partial charge in [-0.25, -0.2) is 13.8 Å². The minimum atomic E-state index is -4.01. The number of halogens is 1. The number of anilines is 1. The van der Waals surface area contributed by atoms with Gasteiger partial charge in [0.2, 0.25) is 0 Å². The third-order valence-corrected chi connectivity index (χ3v) is 6.92. The number of ether oxygens (including phenoxy) is 1. The summed E-state index contributed by atoms with van der Waals surface area (Å²) in [4.78, 5) is 12.8. The number of hydrogen-bond acceptors (Lipinski definition) is 5. The van der Waals surface area contributed by atoms with Crippen molar-refractivity contribution in [3.63, 3.8) is 0 Å². The fourth-order valence-corrected chi connectivity index (χ4v) is 4.91. The Morgan fingerprint density at radius 2 is 1.77 bits per heavy atom. The average Bonchev–Trinajstić information content (AvgIpc) is 2.83. The number of aryl methyl sites for hydroxylation is 1. The second kappa shape index (κ2) is 11.9. The molecule has 0 spiro atoms. The van der Waals surface area contributed by atoms with Gasteiger partial charge in [0.05, 0.1) is 23.4 Å². The zero-order valence-electron chi connectivity index (χ0n) is 19.8. The lowest BCUT2D eigenvalue weighted by Gasteiger charge is -2.25. The molecule has 3 aromatic carbocycles. The van der Waals surface area contributed by atoms with Gasteiger partial charge in [0, 0.05) is 5.02 Å². The number of nitrogens with zero attached hydrogens (tertiary/aromatic N) is 2. The molecule has 0 atom stereocenters. The molecule has 0 aliphatic rings. The van der Waals surface area contributed by atoms with Crippen LogP contribution >= 0.6 is 11.6 Å². The van der Waals surface area contributed by atoms with Crippen LogP contribution in [0.15, 0.2) is 82.8 Å². The summed E-state index contributed by atoms with van der Waals surface area (Å²) in [5, 5.41) is 4.45. The number of hydrazone groups is 1. The minimum Gasteiger partial charge on any atom is -0.493 e. The van der Waals surface area contributed by atoms with Crippen LogP contribution in [0.1, 0.15) is 25.0 Å². The molecule has 0 aliphatic carbocycles. The summed E-state index contributed by atoms with van der Waals surface area (Å²) in [6.07, 6.45) is 1.48. The molecule has 9 heteroatoms. The summed E-state index contributed by atoms with van der Waals surface area (Å²) in [6.45, 7) is 6.05. The van der Waals surface area contributed by atoms with Crippen LogP contribution in [0.25, 0.3) is 0 Å². The van der Waals surface area contributed by atoms with Crippen molar-refractivity contribution in [2.75, 3.05) is 17.5 Å². The molecule has 1 amide bonds. The van der Waals surface area contributed by atoms with Crippen molar-refractivity contribution in [1.82, 2.24) is 5.43 Å². The Balaban J connectivity index is 1.75. The predicted octanol–water partition coefficient (Wildman–Crippen LogP) is 5.03. The van der Waals surface area contributed by atoms with Gasteiger partial charge >= 0.3 is 0 Å². The van der Waals surface area contributed by atoms with Crippen molar-refractivity contribution in [2.24, 2.45) is 11.0 Å². The summed E-state index contributed by atoms with van der Waals surface area (Å²) >= 11 is 6.05.